The van der Waals surface area contributed by atoms with Crippen LogP contribution in [0.5, 0.6) is 5.88 Å². The lowest BCUT2D eigenvalue weighted by Gasteiger charge is -2.25. The molecule has 0 aliphatic carbocycles. The lowest BCUT2D eigenvalue weighted by molar-refractivity contribution is 0.155. The fraction of sp³-hybridized carbons (Fsp3) is 0.381. The highest BCUT2D eigenvalue weighted by atomic mass is 16.5. The van der Waals surface area contributed by atoms with E-state index in [4.69, 9.17) is 4.74 Å². The fourth-order valence-electron chi connectivity index (χ4n) is 3.90. The maximum Gasteiger partial charge on any atom is 0.212 e. The van der Waals surface area contributed by atoms with Gasteiger partial charge in [-0.25, -0.2) is 4.98 Å². The number of aromatic nitrogens is 2. The van der Waals surface area contributed by atoms with Gasteiger partial charge in [-0.2, -0.15) is 0 Å². The molecule has 0 amide bonds. The zero-order chi connectivity index (χ0) is 18.3. The number of methoxy groups -OCH3 is 1. The van der Waals surface area contributed by atoms with Crippen molar-refractivity contribution in [3.8, 4) is 5.88 Å². The van der Waals surface area contributed by atoms with E-state index < -0.39 is 6.10 Å². The van der Waals surface area contributed by atoms with Crippen molar-refractivity contribution in [3.63, 3.8) is 0 Å². The van der Waals surface area contributed by atoms with Gasteiger partial charge in [0.2, 0.25) is 5.88 Å². The Balaban J connectivity index is 1.73. The minimum Gasteiger partial charge on any atom is -0.481 e. The van der Waals surface area contributed by atoms with E-state index in [1.807, 2.05) is 6.07 Å². The SMILES string of the molecule is COc1ccc(C(O)Cn2c3c(c4cc(C)ccc42)CN(C)CC3)cn1. The van der Waals surface area contributed by atoms with Crippen LogP contribution in [0.1, 0.15) is 28.5 Å². The Bertz CT molecular complexity index is 931. The number of fused-ring (bicyclic) bond motifs is 3. The second-order valence-electron chi connectivity index (χ2n) is 7.19. The second-order valence-corrected chi connectivity index (χ2v) is 7.19. The Morgan fingerprint density at radius 3 is 2.85 bits per heavy atom. The number of rotatable bonds is 4. The molecule has 4 rings (SSSR count). The summed E-state index contributed by atoms with van der Waals surface area (Å²) in [5, 5.41) is 12.1. The van der Waals surface area contributed by atoms with Crippen LogP contribution < -0.4 is 4.74 Å². The largest absolute Gasteiger partial charge is 0.481 e. The molecule has 0 fully saturated rings. The maximum absolute atomic E-state index is 10.8. The van der Waals surface area contributed by atoms with Crippen LogP contribution in [0, 0.1) is 6.92 Å². The second kappa shape index (κ2) is 6.74. The Morgan fingerprint density at radius 2 is 2.12 bits per heavy atom. The molecule has 3 aromatic rings. The molecule has 1 aromatic carbocycles. The first-order chi connectivity index (χ1) is 12.6. The molecule has 1 aliphatic heterocycles. The number of pyridine rings is 1. The van der Waals surface area contributed by atoms with Crippen LogP contribution in [0.4, 0.5) is 0 Å². The highest BCUT2D eigenvalue weighted by molar-refractivity contribution is 5.86. The molecule has 0 saturated heterocycles. The van der Waals surface area contributed by atoms with Gasteiger partial charge in [0, 0.05) is 53.9 Å². The van der Waals surface area contributed by atoms with Gasteiger partial charge in [0.1, 0.15) is 0 Å². The standard InChI is InChI=1S/C21H25N3O2/c1-14-4-6-18-16(10-14)17-12-23(2)9-8-19(17)24(18)13-20(25)15-5-7-21(26-3)22-11-15/h4-7,10-11,20,25H,8-9,12-13H2,1-3H3. The highest BCUT2D eigenvalue weighted by Crippen LogP contribution is 2.32. The molecule has 0 bridgehead atoms. The predicted octanol–water partition coefficient (Wildman–Crippen LogP) is 3.07. The van der Waals surface area contributed by atoms with E-state index in [9.17, 15) is 5.11 Å². The fourth-order valence-corrected chi connectivity index (χ4v) is 3.90. The summed E-state index contributed by atoms with van der Waals surface area (Å²) in [6, 6.07) is 10.3. The molecular weight excluding hydrogens is 326 g/mol. The molecule has 26 heavy (non-hydrogen) atoms. The first kappa shape index (κ1) is 17.1. The van der Waals surface area contributed by atoms with Crippen LogP contribution in [-0.2, 0) is 19.5 Å². The minimum atomic E-state index is -0.603. The van der Waals surface area contributed by atoms with E-state index in [1.165, 1.54) is 27.7 Å². The first-order valence-electron chi connectivity index (χ1n) is 9.04. The van der Waals surface area contributed by atoms with Crippen molar-refractivity contribution < 1.29 is 9.84 Å². The number of likely N-dealkylation sites (N-methyl/N-ethyl adjacent to an activating group) is 1. The van der Waals surface area contributed by atoms with Crippen LogP contribution in [0.25, 0.3) is 10.9 Å². The Morgan fingerprint density at radius 1 is 1.27 bits per heavy atom. The van der Waals surface area contributed by atoms with E-state index >= 15 is 0 Å². The lowest BCUT2D eigenvalue weighted by Crippen LogP contribution is -2.27. The van der Waals surface area contributed by atoms with Gasteiger partial charge < -0.3 is 19.3 Å². The number of ether oxygens (including phenoxy) is 1. The number of benzene rings is 1. The van der Waals surface area contributed by atoms with E-state index in [0.29, 0.717) is 12.4 Å². The van der Waals surface area contributed by atoms with Crippen molar-refractivity contribution in [1.29, 1.82) is 0 Å². The zero-order valence-corrected chi connectivity index (χ0v) is 15.6. The molecule has 136 valence electrons. The van der Waals surface area contributed by atoms with Crippen LogP contribution in [0.15, 0.2) is 36.5 Å². The normalized spacial score (nSPS) is 15.8. The molecule has 1 N–H and O–H groups in total. The molecule has 3 heterocycles. The van der Waals surface area contributed by atoms with Gasteiger partial charge in [-0.15, -0.1) is 0 Å². The molecule has 0 saturated carbocycles. The number of hydrogen-bond acceptors (Lipinski definition) is 4. The summed E-state index contributed by atoms with van der Waals surface area (Å²) < 4.78 is 7.40. The van der Waals surface area contributed by atoms with Crippen molar-refractivity contribution in [2.45, 2.75) is 32.5 Å². The van der Waals surface area contributed by atoms with Gasteiger partial charge in [-0.3, -0.25) is 0 Å². The smallest absolute Gasteiger partial charge is 0.212 e. The molecule has 0 radical (unpaired) electrons. The van der Waals surface area contributed by atoms with Crippen molar-refractivity contribution in [3.05, 3.63) is 58.9 Å². The summed E-state index contributed by atoms with van der Waals surface area (Å²) in [4.78, 5) is 6.58. The summed E-state index contributed by atoms with van der Waals surface area (Å²) in [7, 11) is 3.76. The number of aliphatic hydroxyl groups excluding tert-OH is 1. The number of aliphatic hydroxyl groups is 1. The number of hydrogen-bond donors (Lipinski definition) is 1. The average molecular weight is 351 g/mol. The molecule has 2 aromatic heterocycles. The Hall–Kier alpha value is -2.37. The molecule has 1 atom stereocenters. The molecular formula is C21H25N3O2. The number of aryl methyl sites for hydroxylation is 1. The third kappa shape index (κ3) is 2.97. The van der Waals surface area contributed by atoms with E-state index in [2.05, 4.69) is 46.6 Å². The van der Waals surface area contributed by atoms with Crippen molar-refractivity contribution >= 4 is 10.9 Å². The average Bonchev–Trinajstić information content (AvgIpc) is 2.94. The molecule has 5 nitrogen and oxygen atoms in total. The van der Waals surface area contributed by atoms with E-state index in [0.717, 1.165) is 25.1 Å². The predicted molar refractivity (Wildman–Crippen MR) is 102 cm³/mol. The van der Waals surface area contributed by atoms with Crippen LogP contribution >= 0.6 is 0 Å². The molecule has 1 unspecified atom stereocenters. The summed E-state index contributed by atoms with van der Waals surface area (Å²) in [5.41, 5.74) is 6.03. The van der Waals surface area contributed by atoms with Crippen molar-refractivity contribution in [2.75, 3.05) is 20.7 Å². The van der Waals surface area contributed by atoms with Gasteiger partial charge in [0.25, 0.3) is 0 Å². The third-order valence-electron chi connectivity index (χ3n) is 5.31. The minimum absolute atomic E-state index is 0.534. The van der Waals surface area contributed by atoms with Gasteiger partial charge in [0.15, 0.2) is 0 Å². The van der Waals surface area contributed by atoms with Crippen LogP contribution in [-0.4, -0.2) is 40.3 Å². The summed E-state index contributed by atoms with van der Waals surface area (Å²) in [6.07, 6.45) is 2.10. The quantitative estimate of drug-likeness (QED) is 0.785. The summed E-state index contributed by atoms with van der Waals surface area (Å²) in [5.74, 6) is 0.559. The monoisotopic (exact) mass is 351 g/mol. The topological polar surface area (TPSA) is 50.5 Å². The summed E-state index contributed by atoms with van der Waals surface area (Å²) in [6.45, 7) is 4.67. The zero-order valence-electron chi connectivity index (χ0n) is 15.6. The van der Waals surface area contributed by atoms with Gasteiger partial charge in [-0.1, -0.05) is 11.6 Å². The first-order valence-corrected chi connectivity index (χ1v) is 9.04. The Labute approximate surface area is 153 Å². The van der Waals surface area contributed by atoms with Crippen molar-refractivity contribution in [1.82, 2.24) is 14.5 Å². The van der Waals surface area contributed by atoms with Gasteiger partial charge >= 0.3 is 0 Å². The number of nitrogens with zero attached hydrogens (tertiary/aromatic N) is 3. The molecule has 5 heteroatoms. The lowest BCUT2D eigenvalue weighted by atomic mass is 10.0. The molecule has 0 spiro atoms. The maximum atomic E-state index is 10.8. The Kier molecular flexibility index (Phi) is 4.42. The highest BCUT2D eigenvalue weighted by Gasteiger charge is 2.23. The van der Waals surface area contributed by atoms with Crippen LogP contribution in [0.3, 0.4) is 0 Å². The third-order valence-corrected chi connectivity index (χ3v) is 5.31. The molecule has 1 aliphatic rings. The summed E-state index contributed by atoms with van der Waals surface area (Å²) >= 11 is 0. The van der Waals surface area contributed by atoms with Gasteiger partial charge in [0.05, 0.1) is 19.8 Å². The van der Waals surface area contributed by atoms with Crippen LogP contribution in [0.2, 0.25) is 0 Å². The van der Waals surface area contributed by atoms with Gasteiger partial charge in [-0.05, 0) is 37.7 Å². The van der Waals surface area contributed by atoms with E-state index in [-0.39, 0.29) is 0 Å². The van der Waals surface area contributed by atoms with E-state index in [1.54, 1.807) is 19.4 Å². The van der Waals surface area contributed by atoms with Crippen molar-refractivity contribution in [2.24, 2.45) is 0 Å².